The molecule has 1 unspecified atom stereocenters. The fourth-order valence-corrected chi connectivity index (χ4v) is 5.49. The summed E-state index contributed by atoms with van der Waals surface area (Å²) in [5.41, 5.74) is 0. The molecule has 5 nitrogen and oxygen atoms in total. The first-order valence-electron chi connectivity index (χ1n) is 9.66. The number of thiophene rings is 1. The predicted octanol–water partition coefficient (Wildman–Crippen LogP) is 3.24. The van der Waals surface area contributed by atoms with Crippen LogP contribution in [-0.4, -0.2) is 50.4 Å². The van der Waals surface area contributed by atoms with E-state index in [1.807, 2.05) is 13.0 Å². The third-order valence-electron chi connectivity index (χ3n) is 5.03. The number of sulfone groups is 1. The summed E-state index contributed by atoms with van der Waals surface area (Å²) in [5, 5.41) is 4.92. The van der Waals surface area contributed by atoms with Crippen molar-refractivity contribution in [3.05, 3.63) is 22.4 Å². The van der Waals surface area contributed by atoms with E-state index in [1.165, 1.54) is 17.7 Å². The van der Waals surface area contributed by atoms with Crippen molar-refractivity contribution in [2.45, 2.75) is 52.0 Å². The summed E-state index contributed by atoms with van der Waals surface area (Å²) in [6.07, 6.45) is 4.83. The Kier molecular flexibility index (Phi) is 8.57. The standard InChI is InChI=1S/C19H32N2O3S2/c1-3-4-5-13-26(23,24)15-19(22)20-14-17(18-7-6-12-25-18)21-10-8-16(2)9-11-21/h6-7,12,16-17H,3-5,8-11,13-15H2,1-2H3,(H,20,22). The molecule has 1 aliphatic rings. The monoisotopic (exact) mass is 400 g/mol. The van der Waals surface area contributed by atoms with Crippen LogP contribution in [0.15, 0.2) is 17.5 Å². The van der Waals surface area contributed by atoms with Crippen molar-refractivity contribution in [3.8, 4) is 0 Å². The highest BCUT2D eigenvalue weighted by Crippen LogP contribution is 2.29. The van der Waals surface area contributed by atoms with Gasteiger partial charge in [-0.05, 0) is 49.7 Å². The Balaban J connectivity index is 1.89. The summed E-state index contributed by atoms with van der Waals surface area (Å²) in [5.74, 6) is 0.0730. The normalized spacial score (nSPS) is 17.9. The van der Waals surface area contributed by atoms with Crippen LogP contribution in [0.25, 0.3) is 0 Å². The second kappa shape index (κ2) is 10.4. The van der Waals surface area contributed by atoms with Crippen molar-refractivity contribution in [2.75, 3.05) is 31.1 Å². The summed E-state index contributed by atoms with van der Waals surface area (Å²) >= 11 is 1.69. The zero-order valence-corrected chi connectivity index (χ0v) is 17.6. The summed E-state index contributed by atoms with van der Waals surface area (Å²) in [6, 6.07) is 4.26. The van der Waals surface area contributed by atoms with Gasteiger partial charge in [-0.3, -0.25) is 9.69 Å². The zero-order valence-electron chi connectivity index (χ0n) is 15.9. The SMILES string of the molecule is CCCCCS(=O)(=O)CC(=O)NCC(c1cccs1)N1CCC(C)CC1. The van der Waals surface area contributed by atoms with E-state index in [0.29, 0.717) is 13.0 Å². The number of hydrogen-bond donors (Lipinski definition) is 1. The fraction of sp³-hybridized carbons (Fsp3) is 0.737. The van der Waals surface area contributed by atoms with Gasteiger partial charge in [0.1, 0.15) is 5.75 Å². The van der Waals surface area contributed by atoms with Crippen LogP contribution in [0.3, 0.4) is 0 Å². The van der Waals surface area contributed by atoms with E-state index in [2.05, 4.69) is 28.6 Å². The molecule has 0 saturated carbocycles. The molecule has 0 bridgehead atoms. The van der Waals surface area contributed by atoms with Crippen molar-refractivity contribution in [3.63, 3.8) is 0 Å². The van der Waals surface area contributed by atoms with Gasteiger partial charge < -0.3 is 5.32 Å². The van der Waals surface area contributed by atoms with E-state index in [1.54, 1.807) is 11.3 Å². The van der Waals surface area contributed by atoms with E-state index in [0.717, 1.165) is 31.8 Å². The average molecular weight is 401 g/mol. The predicted molar refractivity (Wildman–Crippen MR) is 108 cm³/mol. The largest absolute Gasteiger partial charge is 0.353 e. The third kappa shape index (κ3) is 7.00. The molecular weight excluding hydrogens is 368 g/mol. The number of carbonyl (C=O) groups excluding carboxylic acids is 1. The number of unbranched alkanes of at least 4 members (excludes halogenated alkanes) is 2. The van der Waals surface area contributed by atoms with Crippen LogP contribution >= 0.6 is 11.3 Å². The fourth-order valence-electron chi connectivity index (χ4n) is 3.34. The maximum atomic E-state index is 12.2. The van der Waals surface area contributed by atoms with Crippen molar-refractivity contribution in [2.24, 2.45) is 5.92 Å². The first-order valence-corrected chi connectivity index (χ1v) is 12.4. The van der Waals surface area contributed by atoms with Gasteiger partial charge in [-0.25, -0.2) is 8.42 Å². The van der Waals surface area contributed by atoms with Crippen LogP contribution in [0.4, 0.5) is 0 Å². The van der Waals surface area contributed by atoms with Crippen LogP contribution in [0.5, 0.6) is 0 Å². The van der Waals surface area contributed by atoms with Crippen molar-refractivity contribution < 1.29 is 13.2 Å². The maximum Gasteiger partial charge on any atom is 0.235 e. The van der Waals surface area contributed by atoms with Gasteiger partial charge in [-0.2, -0.15) is 0 Å². The van der Waals surface area contributed by atoms with Crippen molar-refractivity contribution >= 4 is 27.1 Å². The lowest BCUT2D eigenvalue weighted by Gasteiger charge is -2.36. The molecule has 0 spiro atoms. The average Bonchev–Trinajstić information content (AvgIpc) is 3.10. The zero-order chi connectivity index (χ0) is 19.0. The smallest absolute Gasteiger partial charge is 0.235 e. The van der Waals surface area contributed by atoms with Gasteiger partial charge in [0, 0.05) is 11.4 Å². The van der Waals surface area contributed by atoms with Crippen LogP contribution < -0.4 is 5.32 Å². The Labute approximate surface area is 162 Å². The van der Waals surface area contributed by atoms with Crippen LogP contribution in [0.1, 0.15) is 56.9 Å². The van der Waals surface area contributed by atoms with E-state index in [-0.39, 0.29) is 17.7 Å². The number of piperidine rings is 1. The first kappa shape index (κ1) is 21.4. The van der Waals surface area contributed by atoms with Crippen LogP contribution in [0.2, 0.25) is 0 Å². The van der Waals surface area contributed by atoms with Crippen molar-refractivity contribution in [1.82, 2.24) is 10.2 Å². The molecule has 2 heterocycles. The molecule has 1 aliphatic heterocycles. The van der Waals surface area contributed by atoms with Crippen LogP contribution in [0, 0.1) is 5.92 Å². The summed E-state index contributed by atoms with van der Waals surface area (Å²) < 4.78 is 24.1. The van der Waals surface area contributed by atoms with E-state index in [9.17, 15) is 13.2 Å². The highest BCUT2D eigenvalue weighted by molar-refractivity contribution is 7.92. The lowest BCUT2D eigenvalue weighted by atomic mass is 9.97. The molecule has 1 N–H and O–H groups in total. The molecule has 0 aliphatic carbocycles. The number of nitrogens with one attached hydrogen (secondary N) is 1. The lowest BCUT2D eigenvalue weighted by Crippen LogP contribution is -2.42. The molecule has 1 saturated heterocycles. The van der Waals surface area contributed by atoms with Gasteiger partial charge in [0.05, 0.1) is 11.8 Å². The Morgan fingerprint density at radius 3 is 2.69 bits per heavy atom. The molecule has 7 heteroatoms. The van der Waals surface area contributed by atoms with Crippen LogP contribution in [-0.2, 0) is 14.6 Å². The molecule has 1 fully saturated rings. The van der Waals surface area contributed by atoms with E-state index in [4.69, 9.17) is 0 Å². The molecule has 2 rings (SSSR count). The lowest BCUT2D eigenvalue weighted by molar-refractivity contribution is -0.118. The topological polar surface area (TPSA) is 66.5 Å². The number of likely N-dealkylation sites (tertiary alicyclic amines) is 1. The summed E-state index contributed by atoms with van der Waals surface area (Å²) in [6.45, 7) is 6.83. The van der Waals surface area contributed by atoms with Gasteiger partial charge in [-0.1, -0.05) is 32.8 Å². The van der Waals surface area contributed by atoms with Gasteiger partial charge in [0.25, 0.3) is 0 Å². The molecule has 0 radical (unpaired) electrons. The van der Waals surface area contributed by atoms with Gasteiger partial charge in [0.15, 0.2) is 9.84 Å². The Hall–Kier alpha value is -0.920. The molecular formula is C19H32N2O3S2. The van der Waals surface area contributed by atoms with E-state index >= 15 is 0 Å². The molecule has 148 valence electrons. The second-order valence-corrected chi connectivity index (χ2v) is 10.5. The highest BCUT2D eigenvalue weighted by atomic mass is 32.2. The number of nitrogens with zero attached hydrogens (tertiary/aromatic N) is 1. The van der Waals surface area contributed by atoms with Crippen molar-refractivity contribution in [1.29, 1.82) is 0 Å². The summed E-state index contributed by atoms with van der Waals surface area (Å²) in [7, 11) is -3.31. The number of rotatable bonds is 10. The highest BCUT2D eigenvalue weighted by Gasteiger charge is 2.26. The maximum absolute atomic E-state index is 12.2. The Morgan fingerprint density at radius 1 is 1.35 bits per heavy atom. The molecule has 0 aromatic carbocycles. The number of hydrogen-bond acceptors (Lipinski definition) is 5. The van der Waals surface area contributed by atoms with Gasteiger partial charge >= 0.3 is 0 Å². The molecule has 26 heavy (non-hydrogen) atoms. The minimum absolute atomic E-state index is 0.104. The number of amides is 1. The molecule has 1 aromatic heterocycles. The molecule has 1 atom stereocenters. The molecule has 1 amide bonds. The third-order valence-corrected chi connectivity index (χ3v) is 7.62. The van der Waals surface area contributed by atoms with E-state index < -0.39 is 15.6 Å². The summed E-state index contributed by atoms with van der Waals surface area (Å²) in [4.78, 5) is 15.8. The quantitative estimate of drug-likeness (QED) is 0.612. The Bertz CT molecular complexity index is 636. The van der Waals surface area contributed by atoms with Gasteiger partial charge in [-0.15, -0.1) is 11.3 Å². The second-order valence-electron chi connectivity index (χ2n) is 7.35. The number of carbonyl (C=O) groups is 1. The minimum atomic E-state index is -3.31. The minimum Gasteiger partial charge on any atom is -0.353 e. The Morgan fingerprint density at radius 2 is 2.08 bits per heavy atom. The first-order chi connectivity index (χ1) is 12.4. The van der Waals surface area contributed by atoms with Gasteiger partial charge in [0.2, 0.25) is 5.91 Å². The molecule has 1 aromatic rings.